The molecule has 1 fully saturated rings. The minimum absolute atomic E-state index is 0.143. The maximum Gasteiger partial charge on any atom is 0.329 e. The predicted octanol–water partition coefficient (Wildman–Crippen LogP) is 0.565. The van der Waals surface area contributed by atoms with Crippen LogP contribution < -0.4 is 16.6 Å². The first-order valence-electron chi connectivity index (χ1n) is 6.46. The molecule has 2 heterocycles. The number of nitrogens with one attached hydrogen (secondary N) is 2. The molecule has 0 aliphatic carbocycles. The van der Waals surface area contributed by atoms with Crippen LogP contribution in [0.4, 0.5) is 17.5 Å². The largest absolute Gasteiger partial charge is 0.361 e. The number of hydrogen-bond acceptors (Lipinski definition) is 8. The van der Waals surface area contributed by atoms with E-state index in [1.165, 1.54) is 0 Å². The summed E-state index contributed by atoms with van der Waals surface area (Å²) in [7, 11) is 2.07. The summed E-state index contributed by atoms with van der Waals surface area (Å²) in [5, 5.41) is 14.1. The molecular weight excluding hydrogens is 262 g/mol. The highest BCUT2D eigenvalue weighted by atomic mass is 16.6. The van der Waals surface area contributed by atoms with Crippen LogP contribution in [0.2, 0.25) is 0 Å². The summed E-state index contributed by atoms with van der Waals surface area (Å²) in [6.07, 6.45) is 2.97. The first kappa shape index (κ1) is 14.4. The van der Waals surface area contributed by atoms with E-state index in [9.17, 15) is 10.1 Å². The molecule has 0 saturated carbocycles. The molecule has 2 rings (SSSR count). The molecule has 9 nitrogen and oxygen atoms in total. The zero-order valence-electron chi connectivity index (χ0n) is 11.5. The summed E-state index contributed by atoms with van der Waals surface area (Å²) < 4.78 is 0. The molecule has 9 heteroatoms. The van der Waals surface area contributed by atoms with Gasteiger partial charge in [0.05, 0.1) is 4.92 Å². The molecule has 1 aromatic heterocycles. The molecule has 0 bridgehead atoms. The Labute approximate surface area is 116 Å². The van der Waals surface area contributed by atoms with Crippen molar-refractivity contribution in [3.63, 3.8) is 0 Å². The zero-order chi connectivity index (χ0) is 14.7. The van der Waals surface area contributed by atoms with Crippen LogP contribution in [0.3, 0.4) is 0 Å². The summed E-state index contributed by atoms with van der Waals surface area (Å²) >= 11 is 0. The van der Waals surface area contributed by atoms with Gasteiger partial charge in [-0.1, -0.05) is 0 Å². The van der Waals surface area contributed by atoms with E-state index in [0.29, 0.717) is 6.04 Å². The number of anilines is 2. The van der Waals surface area contributed by atoms with Gasteiger partial charge in [0.1, 0.15) is 6.20 Å². The Balaban J connectivity index is 2.17. The summed E-state index contributed by atoms with van der Waals surface area (Å²) in [5.41, 5.74) is 2.15. The van der Waals surface area contributed by atoms with E-state index in [2.05, 4.69) is 39.6 Å². The van der Waals surface area contributed by atoms with Crippen molar-refractivity contribution < 1.29 is 4.92 Å². The molecule has 20 heavy (non-hydrogen) atoms. The Hall–Kier alpha value is -2.00. The Morgan fingerprint density at radius 1 is 1.60 bits per heavy atom. The fraction of sp³-hybridized carbons (Fsp3) is 0.636. The minimum Gasteiger partial charge on any atom is -0.361 e. The van der Waals surface area contributed by atoms with Crippen molar-refractivity contribution >= 4 is 17.5 Å². The Morgan fingerprint density at radius 3 is 2.95 bits per heavy atom. The quantitative estimate of drug-likeness (QED) is 0.416. The first-order chi connectivity index (χ1) is 9.51. The number of nitrogens with two attached hydrogens (primary N) is 1. The van der Waals surface area contributed by atoms with Gasteiger partial charge >= 0.3 is 5.69 Å². The van der Waals surface area contributed by atoms with Crippen molar-refractivity contribution in [2.75, 3.05) is 24.3 Å². The summed E-state index contributed by atoms with van der Waals surface area (Å²) in [5.74, 6) is 5.60. The van der Waals surface area contributed by atoms with Crippen molar-refractivity contribution in [3.8, 4) is 0 Å². The SMILES string of the molecule is CC1CC(Nc2nc(NN)ncc2[N+](=O)[O-])CCN1C. The van der Waals surface area contributed by atoms with Gasteiger partial charge in [0, 0.05) is 18.6 Å². The summed E-state index contributed by atoms with van der Waals surface area (Å²) in [4.78, 5) is 20.6. The normalized spacial score (nSPS) is 23.4. The van der Waals surface area contributed by atoms with E-state index in [0.717, 1.165) is 25.6 Å². The standard InChI is InChI=1S/C11H19N7O2/c1-7-5-8(3-4-17(7)2)14-10-9(18(19)20)6-13-11(15-10)16-12/h6-8H,3-5,12H2,1-2H3,(H2,13,14,15,16). The minimum atomic E-state index is -0.499. The molecule has 2 unspecified atom stereocenters. The lowest BCUT2D eigenvalue weighted by molar-refractivity contribution is -0.384. The third-order valence-corrected chi connectivity index (χ3v) is 3.64. The number of nitrogens with zero attached hydrogens (tertiary/aromatic N) is 4. The maximum absolute atomic E-state index is 11.0. The highest BCUT2D eigenvalue weighted by molar-refractivity contribution is 5.57. The highest BCUT2D eigenvalue weighted by Gasteiger charge is 2.26. The highest BCUT2D eigenvalue weighted by Crippen LogP contribution is 2.25. The van der Waals surface area contributed by atoms with Gasteiger partial charge in [0.15, 0.2) is 0 Å². The van der Waals surface area contributed by atoms with Crippen LogP contribution in [-0.2, 0) is 0 Å². The van der Waals surface area contributed by atoms with Gasteiger partial charge in [-0.2, -0.15) is 4.98 Å². The maximum atomic E-state index is 11.0. The lowest BCUT2D eigenvalue weighted by Crippen LogP contribution is -2.42. The van der Waals surface area contributed by atoms with E-state index in [4.69, 9.17) is 5.84 Å². The van der Waals surface area contributed by atoms with E-state index in [1.807, 2.05) is 0 Å². The third-order valence-electron chi connectivity index (χ3n) is 3.64. The molecule has 0 spiro atoms. The van der Waals surface area contributed by atoms with Crippen LogP contribution in [0.5, 0.6) is 0 Å². The van der Waals surface area contributed by atoms with E-state index in [-0.39, 0.29) is 23.5 Å². The Bertz CT molecular complexity index is 496. The van der Waals surface area contributed by atoms with Gasteiger partial charge in [-0.15, -0.1) is 0 Å². The van der Waals surface area contributed by atoms with Crippen molar-refractivity contribution in [2.45, 2.75) is 31.8 Å². The van der Waals surface area contributed by atoms with Gasteiger partial charge in [0.25, 0.3) is 0 Å². The molecule has 4 N–H and O–H groups in total. The van der Waals surface area contributed by atoms with Gasteiger partial charge in [-0.3, -0.25) is 15.5 Å². The summed E-state index contributed by atoms with van der Waals surface area (Å²) in [6.45, 7) is 3.08. The molecule has 2 atom stereocenters. The van der Waals surface area contributed by atoms with Crippen LogP contribution in [0.25, 0.3) is 0 Å². The van der Waals surface area contributed by atoms with Crippen molar-refractivity contribution in [2.24, 2.45) is 5.84 Å². The fourth-order valence-corrected chi connectivity index (χ4v) is 2.30. The average Bonchev–Trinajstić information content (AvgIpc) is 2.42. The molecule has 1 aliphatic heterocycles. The van der Waals surface area contributed by atoms with E-state index < -0.39 is 4.92 Å². The second-order valence-corrected chi connectivity index (χ2v) is 5.02. The van der Waals surface area contributed by atoms with Crippen molar-refractivity contribution in [1.29, 1.82) is 0 Å². The molecule has 110 valence electrons. The van der Waals surface area contributed by atoms with Crippen LogP contribution in [-0.4, -0.2) is 45.5 Å². The number of hydrogen-bond donors (Lipinski definition) is 3. The Morgan fingerprint density at radius 2 is 2.35 bits per heavy atom. The second kappa shape index (κ2) is 5.97. The number of nitrogen functional groups attached to an aromatic ring is 1. The Kier molecular flexibility index (Phi) is 4.30. The van der Waals surface area contributed by atoms with Crippen LogP contribution in [0.15, 0.2) is 6.20 Å². The summed E-state index contributed by atoms with van der Waals surface area (Å²) in [6, 6.07) is 0.578. The lowest BCUT2D eigenvalue weighted by Gasteiger charge is -2.35. The average molecular weight is 281 g/mol. The number of piperidine rings is 1. The topological polar surface area (TPSA) is 122 Å². The third kappa shape index (κ3) is 3.11. The number of hydrazine groups is 1. The van der Waals surface area contributed by atoms with Crippen LogP contribution in [0.1, 0.15) is 19.8 Å². The van der Waals surface area contributed by atoms with E-state index >= 15 is 0 Å². The predicted molar refractivity (Wildman–Crippen MR) is 75.2 cm³/mol. The molecule has 0 amide bonds. The second-order valence-electron chi connectivity index (χ2n) is 5.02. The molecule has 1 saturated heterocycles. The monoisotopic (exact) mass is 281 g/mol. The molecule has 1 aliphatic rings. The van der Waals surface area contributed by atoms with Gasteiger partial charge < -0.3 is 10.2 Å². The van der Waals surface area contributed by atoms with Gasteiger partial charge in [-0.05, 0) is 26.8 Å². The number of rotatable bonds is 4. The number of nitro groups is 1. The van der Waals surface area contributed by atoms with Crippen LogP contribution in [0, 0.1) is 10.1 Å². The lowest BCUT2D eigenvalue weighted by atomic mass is 9.99. The molecule has 0 aromatic carbocycles. The van der Waals surface area contributed by atoms with Gasteiger partial charge in [-0.25, -0.2) is 10.8 Å². The smallest absolute Gasteiger partial charge is 0.329 e. The molecular formula is C11H19N7O2. The van der Waals surface area contributed by atoms with Crippen molar-refractivity contribution in [1.82, 2.24) is 14.9 Å². The number of likely N-dealkylation sites (tertiary alicyclic amines) is 1. The number of aromatic nitrogens is 2. The zero-order valence-corrected chi connectivity index (χ0v) is 11.5. The molecule has 0 radical (unpaired) electrons. The van der Waals surface area contributed by atoms with Crippen molar-refractivity contribution in [3.05, 3.63) is 16.3 Å². The van der Waals surface area contributed by atoms with Gasteiger partial charge in [0.2, 0.25) is 11.8 Å². The first-order valence-corrected chi connectivity index (χ1v) is 6.46. The molecule has 1 aromatic rings. The fourth-order valence-electron chi connectivity index (χ4n) is 2.30. The van der Waals surface area contributed by atoms with E-state index in [1.54, 1.807) is 0 Å². The van der Waals surface area contributed by atoms with Crippen LogP contribution >= 0.6 is 0 Å².